The molecule has 0 aliphatic carbocycles. The number of hydrogen-bond acceptors (Lipinski definition) is 6. The minimum Gasteiger partial charge on any atom is -0.496 e. The van der Waals surface area contributed by atoms with E-state index < -0.39 is 5.60 Å². The molecule has 2 aliphatic rings. The maximum atomic E-state index is 12.2. The predicted octanol–water partition coefficient (Wildman–Crippen LogP) is 3.15. The number of ketones is 1. The van der Waals surface area contributed by atoms with Crippen molar-refractivity contribution in [3.8, 4) is 11.5 Å². The number of carbonyl (C=O) groups excluding carboxylic acids is 2. The van der Waals surface area contributed by atoms with Gasteiger partial charge in [-0.15, -0.1) is 0 Å². The highest BCUT2D eigenvalue weighted by Gasteiger charge is 2.27. The van der Waals surface area contributed by atoms with Gasteiger partial charge in [0.25, 0.3) is 0 Å². The van der Waals surface area contributed by atoms with Gasteiger partial charge in [0.05, 0.1) is 12.7 Å². The molecule has 0 aromatic heterocycles. The Morgan fingerprint density at radius 2 is 1.86 bits per heavy atom. The third-order valence-electron chi connectivity index (χ3n) is 5.26. The zero-order chi connectivity index (χ0) is 21.0. The van der Waals surface area contributed by atoms with Gasteiger partial charge in [-0.05, 0) is 58.7 Å². The van der Waals surface area contributed by atoms with Crippen molar-refractivity contribution in [3.05, 3.63) is 23.3 Å². The van der Waals surface area contributed by atoms with E-state index in [1.807, 2.05) is 26.8 Å². The first kappa shape index (κ1) is 21.4. The Kier molecular flexibility index (Phi) is 6.67. The Morgan fingerprint density at radius 3 is 2.52 bits per heavy atom. The summed E-state index contributed by atoms with van der Waals surface area (Å²) in [6.07, 6.45) is 2.61. The number of nitrogens with zero attached hydrogens (tertiary/aromatic N) is 2. The van der Waals surface area contributed by atoms with Crippen LogP contribution in [-0.2, 0) is 11.2 Å². The van der Waals surface area contributed by atoms with Crippen molar-refractivity contribution in [1.82, 2.24) is 9.80 Å². The van der Waals surface area contributed by atoms with Crippen LogP contribution in [-0.4, -0.2) is 73.7 Å². The molecule has 1 aromatic rings. The summed E-state index contributed by atoms with van der Waals surface area (Å²) in [7, 11) is 1.64. The maximum absolute atomic E-state index is 12.2. The van der Waals surface area contributed by atoms with Crippen LogP contribution in [0.15, 0.2) is 12.1 Å². The molecule has 7 nitrogen and oxygen atoms in total. The molecule has 1 amide bonds. The lowest BCUT2D eigenvalue weighted by Crippen LogP contribution is -2.50. The molecular formula is C22H32N2O5. The number of carbonyl (C=O) groups is 2. The summed E-state index contributed by atoms with van der Waals surface area (Å²) < 4.78 is 16.5. The van der Waals surface area contributed by atoms with E-state index in [1.54, 1.807) is 18.1 Å². The molecule has 1 aromatic carbocycles. The number of methoxy groups -OCH3 is 1. The summed E-state index contributed by atoms with van der Waals surface area (Å²) in [5.74, 6) is 1.51. The van der Waals surface area contributed by atoms with Crippen LogP contribution in [0.5, 0.6) is 11.5 Å². The Morgan fingerprint density at radius 1 is 1.14 bits per heavy atom. The molecule has 7 heteroatoms. The lowest BCUT2D eigenvalue weighted by atomic mass is 10.0. The van der Waals surface area contributed by atoms with Crippen LogP contribution in [0, 0.1) is 0 Å². The quantitative estimate of drug-likeness (QED) is 0.679. The summed E-state index contributed by atoms with van der Waals surface area (Å²) in [6.45, 7) is 9.89. The van der Waals surface area contributed by atoms with Gasteiger partial charge >= 0.3 is 6.09 Å². The van der Waals surface area contributed by atoms with Gasteiger partial charge in [-0.3, -0.25) is 9.69 Å². The standard InChI is InChI=1S/C22H32N2O5/c1-22(2,3)29-21(26)24-13-11-23(12-14-24)10-6-5-7-17-19(27-4)9-8-16-18(25)15-28-20(16)17/h8-9H,5-7,10-15H2,1-4H3. The molecule has 0 N–H and O–H groups in total. The molecule has 1 fully saturated rings. The smallest absolute Gasteiger partial charge is 0.410 e. The molecule has 0 saturated carbocycles. The van der Waals surface area contributed by atoms with Crippen molar-refractivity contribution >= 4 is 11.9 Å². The van der Waals surface area contributed by atoms with Crippen LogP contribution in [0.2, 0.25) is 0 Å². The van der Waals surface area contributed by atoms with Crippen LogP contribution in [0.4, 0.5) is 4.79 Å². The van der Waals surface area contributed by atoms with Crippen molar-refractivity contribution in [2.45, 2.75) is 45.6 Å². The number of benzene rings is 1. The molecule has 160 valence electrons. The van der Waals surface area contributed by atoms with Gasteiger partial charge in [-0.1, -0.05) is 0 Å². The molecule has 2 heterocycles. The Labute approximate surface area is 172 Å². The van der Waals surface area contributed by atoms with E-state index in [0.717, 1.165) is 50.2 Å². The predicted molar refractivity (Wildman–Crippen MR) is 110 cm³/mol. The highest BCUT2D eigenvalue weighted by atomic mass is 16.6. The van der Waals surface area contributed by atoms with Crippen LogP contribution in [0.3, 0.4) is 0 Å². The van der Waals surface area contributed by atoms with Crippen LogP contribution in [0.25, 0.3) is 0 Å². The van der Waals surface area contributed by atoms with E-state index in [1.165, 1.54) is 0 Å². The lowest BCUT2D eigenvalue weighted by molar-refractivity contribution is 0.0144. The third-order valence-corrected chi connectivity index (χ3v) is 5.26. The van der Waals surface area contributed by atoms with E-state index in [2.05, 4.69) is 4.90 Å². The summed E-state index contributed by atoms with van der Waals surface area (Å²) >= 11 is 0. The second kappa shape index (κ2) is 9.03. The maximum Gasteiger partial charge on any atom is 0.410 e. The second-order valence-electron chi connectivity index (χ2n) is 8.60. The molecule has 0 spiro atoms. The second-order valence-corrected chi connectivity index (χ2v) is 8.60. The number of amides is 1. The summed E-state index contributed by atoms with van der Waals surface area (Å²) in [4.78, 5) is 28.2. The summed E-state index contributed by atoms with van der Waals surface area (Å²) in [5, 5.41) is 0. The molecule has 29 heavy (non-hydrogen) atoms. The number of ether oxygens (including phenoxy) is 3. The van der Waals surface area contributed by atoms with Crippen molar-refractivity contribution in [3.63, 3.8) is 0 Å². The average molecular weight is 405 g/mol. The first-order chi connectivity index (χ1) is 13.8. The lowest BCUT2D eigenvalue weighted by Gasteiger charge is -2.35. The number of fused-ring (bicyclic) bond motifs is 1. The minimum absolute atomic E-state index is 0.0340. The van der Waals surface area contributed by atoms with Crippen molar-refractivity contribution in [1.29, 1.82) is 0 Å². The number of hydrogen-bond donors (Lipinski definition) is 0. The summed E-state index contributed by atoms with van der Waals surface area (Å²) in [5.41, 5.74) is 1.20. The van der Waals surface area contributed by atoms with E-state index >= 15 is 0 Å². The van der Waals surface area contributed by atoms with Gasteiger partial charge in [-0.2, -0.15) is 0 Å². The average Bonchev–Trinajstić information content (AvgIpc) is 3.05. The number of piperazine rings is 1. The number of rotatable bonds is 6. The Balaban J connectivity index is 1.43. The summed E-state index contributed by atoms with van der Waals surface area (Å²) in [6, 6.07) is 3.65. The molecule has 0 bridgehead atoms. The van der Waals surface area contributed by atoms with Gasteiger partial charge in [0.1, 0.15) is 17.1 Å². The first-order valence-electron chi connectivity index (χ1n) is 10.3. The molecule has 0 radical (unpaired) electrons. The molecule has 0 atom stereocenters. The number of Topliss-reactive ketones (excluding diaryl/α,β-unsaturated/α-hetero) is 1. The Hall–Kier alpha value is -2.28. The fourth-order valence-electron chi connectivity index (χ4n) is 3.76. The third kappa shape index (κ3) is 5.41. The Bertz CT molecular complexity index is 748. The zero-order valence-corrected chi connectivity index (χ0v) is 18.0. The highest BCUT2D eigenvalue weighted by Crippen LogP contribution is 2.37. The van der Waals surface area contributed by atoms with Crippen molar-refractivity contribution in [2.24, 2.45) is 0 Å². The molecule has 0 unspecified atom stereocenters. The van der Waals surface area contributed by atoms with E-state index in [-0.39, 0.29) is 18.5 Å². The van der Waals surface area contributed by atoms with Crippen molar-refractivity contribution < 1.29 is 23.8 Å². The molecule has 1 saturated heterocycles. The van der Waals surface area contributed by atoms with Crippen LogP contribution < -0.4 is 9.47 Å². The highest BCUT2D eigenvalue weighted by molar-refractivity contribution is 6.03. The largest absolute Gasteiger partial charge is 0.496 e. The molecule has 2 aliphatic heterocycles. The van der Waals surface area contributed by atoms with Crippen molar-refractivity contribution in [2.75, 3.05) is 46.4 Å². The monoisotopic (exact) mass is 404 g/mol. The topological polar surface area (TPSA) is 68.3 Å². The van der Waals surface area contributed by atoms with E-state index in [9.17, 15) is 9.59 Å². The first-order valence-corrected chi connectivity index (χ1v) is 10.3. The van der Waals surface area contributed by atoms with Gasteiger partial charge < -0.3 is 19.1 Å². The van der Waals surface area contributed by atoms with Gasteiger partial charge in [0.2, 0.25) is 5.78 Å². The molecular weight excluding hydrogens is 372 g/mol. The fourth-order valence-corrected chi connectivity index (χ4v) is 3.76. The molecule has 3 rings (SSSR count). The zero-order valence-electron chi connectivity index (χ0n) is 18.0. The van der Waals surface area contributed by atoms with E-state index in [0.29, 0.717) is 24.4 Å². The minimum atomic E-state index is -0.457. The van der Waals surface area contributed by atoms with E-state index in [4.69, 9.17) is 14.2 Å². The SMILES string of the molecule is COc1ccc2c(c1CCCCN1CCN(C(=O)OC(C)(C)C)CC1)OCC2=O. The normalized spacial score (nSPS) is 17.1. The fraction of sp³-hybridized carbons (Fsp3) is 0.636. The van der Waals surface area contributed by atoms with Crippen LogP contribution in [0.1, 0.15) is 49.5 Å². The van der Waals surface area contributed by atoms with Gasteiger partial charge in [0, 0.05) is 31.7 Å². The van der Waals surface area contributed by atoms with Crippen LogP contribution >= 0.6 is 0 Å². The van der Waals surface area contributed by atoms with Gasteiger partial charge in [-0.25, -0.2) is 4.79 Å². The van der Waals surface area contributed by atoms with Gasteiger partial charge in [0.15, 0.2) is 6.61 Å². The number of unbranched alkanes of at least 4 members (excludes halogenated alkanes) is 1.